The summed E-state index contributed by atoms with van der Waals surface area (Å²) in [6, 6.07) is 0.169. The van der Waals surface area contributed by atoms with E-state index < -0.39 is 0 Å². The van der Waals surface area contributed by atoms with E-state index in [1.165, 1.54) is 11.3 Å². The second-order valence-corrected chi connectivity index (χ2v) is 5.01. The minimum Gasteiger partial charge on any atom is -0.333 e. The second-order valence-electron chi connectivity index (χ2n) is 4.29. The highest BCUT2D eigenvalue weighted by molar-refractivity contribution is 7.07. The van der Waals surface area contributed by atoms with Crippen LogP contribution in [0.25, 0.3) is 0 Å². The number of carbonyl (C=O) groups excluding carboxylic acids is 1. The number of nitrogens with zero attached hydrogens (tertiary/aromatic N) is 2. The number of hydrogen-bond donors (Lipinski definition) is 1. The zero-order valence-corrected chi connectivity index (χ0v) is 10.2. The van der Waals surface area contributed by atoms with Crippen LogP contribution in [0.3, 0.4) is 0 Å². The van der Waals surface area contributed by atoms with E-state index >= 15 is 0 Å². The minimum absolute atomic E-state index is 0.0308. The van der Waals surface area contributed by atoms with Gasteiger partial charge in [0, 0.05) is 24.5 Å². The maximum absolute atomic E-state index is 12.2. The topological polar surface area (TPSA) is 59.2 Å². The minimum atomic E-state index is 0.0308. The number of hydrogen-bond acceptors (Lipinski definition) is 4. The van der Waals surface area contributed by atoms with E-state index in [1.807, 2.05) is 4.90 Å². The standard InChI is InChI=1S/C11H17N3OS/c1-8-3-2-4-14(10(8)5-12)11(15)9-6-16-7-13-9/h6-8,10H,2-5,12H2,1H3. The van der Waals surface area contributed by atoms with Gasteiger partial charge in [-0.25, -0.2) is 4.98 Å². The summed E-state index contributed by atoms with van der Waals surface area (Å²) >= 11 is 1.45. The Morgan fingerprint density at radius 1 is 1.75 bits per heavy atom. The molecular formula is C11H17N3OS. The average molecular weight is 239 g/mol. The molecule has 1 amide bonds. The Labute approximate surface area is 99.5 Å². The lowest BCUT2D eigenvalue weighted by Gasteiger charge is -2.39. The van der Waals surface area contributed by atoms with Crippen LogP contribution in [-0.4, -0.2) is 34.9 Å². The van der Waals surface area contributed by atoms with Crippen LogP contribution in [0.1, 0.15) is 30.3 Å². The number of amides is 1. The van der Waals surface area contributed by atoms with E-state index in [1.54, 1.807) is 10.9 Å². The van der Waals surface area contributed by atoms with Gasteiger partial charge >= 0.3 is 0 Å². The third-order valence-corrected chi connectivity index (χ3v) is 3.86. The molecule has 0 spiro atoms. The number of thiazole rings is 1. The zero-order valence-electron chi connectivity index (χ0n) is 9.43. The predicted octanol–water partition coefficient (Wildman–Crippen LogP) is 1.34. The lowest BCUT2D eigenvalue weighted by molar-refractivity contribution is 0.0527. The van der Waals surface area contributed by atoms with Gasteiger partial charge in [-0.05, 0) is 18.8 Å². The van der Waals surface area contributed by atoms with Crippen LogP contribution in [0.4, 0.5) is 0 Å². The van der Waals surface area contributed by atoms with E-state index in [0.717, 1.165) is 19.4 Å². The van der Waals surface area contributed by atoms with Crippen molar-refractivity contribution in [1.29, 1.82) is 0 Å². The molecule has 0 aromatic carbocycles. The molecule has 4 nitrogen and oxygen atoms in total. The summed E-state index contributed by atoms with van der Waals surface area (Å²) in [4.78, 5) is 18.2. The van der Waals surface area contributed by atoms with Crippen molar-refractivity contribution in [3.63, 3.8) is 0 Å². The van der Waals surface area contributed by atoms with Crippen LogP contribution < -0.4 is 5.73 Å². The Balaban J connectivity index is 2.15. The highest BCUT2D eigenvalue weighted by atomic mass is 32.1. The molecule has 1 aromatic rings. The van der Waals surface area contributed by atoms with Gasteiger partial charge in [-0.3, -0.25) is 4.79 Å². The summed E-state index contributed by atoms with van der Waals surface area (Å²) < 4.78 is 0. The molecule has 0 radical (unpaired) electrons. The van der Waals surface area contributed by atoms with Crippen molar-refractivity contribution < 1.29 is 4.79 Å². The third-order valence-electron chi connectivity index (χ3n) is 3.27. The van der Waals surface area contributed by atoms with Crippen LogP contribution in [-0.2, 0) is 0 Å². The number of rotatable bonds is 2. The molecule has 0 saturated carbocycles. The normalized spacial score (nSPS) is 25.8. The van der Waals surface area contributed by atoms with Gasteiger partial charge in [0.25, 0.3) is 5.91 Å². The van der Waals surface area contributed by atoms with Crippen molar-refractivity contribution in [2.75, 3.05) is 13.1 Å². The van der Waals surface area contributed by atoms with Crippen molar-refractivity contribution in [3.05, 3.63) is 16.6 Å². The quantitative estimate of drug-likeness (QED) is 0.847. The highest BCUT2D eigenvalue weighted by Crippen LogP contribution is 2.24. The molecule has 1 saturated heterocycles. The number of nitrogens with two attached hydrogens (primary N) is 1. The SMILES string of the molecule is CC1CCCN(C(=O)c2cscn2)C1CN. The van der Waals surface area contributed by atoms with Crippen LogP contribution >= 0.6 is 11.3 Å². The first kappa shape index (κ1) is 11.5. The van der Waals surface area contributed by atoms with Gasteiger partial charge in [0.15, 0.2) is 0 Å². The number of piperidine rings is 1. The molecule has 0 aliphatic carbocycles. The fourth-order valence-electron chi connectivity index (χ4n) is 2.33. The van der Waals surface area contributed by atoms with Gasteiger partial charge in [-0.15, -0.1) is 11.3 Å². The van der Waals surface area contributed by atoms with Gasteiger partial charge < -0.3 is 10.6 Å². The summed E-state index contributed by atoms with van der Waals surface area (Å²) in [7, 11) is 0. The van der Waals surface area contributed by atoms with Gasteiger partial charge in [0.1, 0.15) is 5.69 Å². The Morgan fingerprint density at radius 2 is 2.56 bits per heavy atom. The number of likely N-dealkylation sites (tertiary alicyclic amines) is 1. The Morgan fingerprint density at radius 3 is 3.19 bits per heavy atom. The summed E-state index contributed by atoms with van der Waals surface area (Å²) in [6.45, 7) is 3.51. The highest BCUT2D eigenvalue weighted by Gasteiger charge is 2.31. The second kappa shape index (κ2) is 4.93. The zero-order chi connectivity index (χ0) is 11.5. The van der Waals surface area contributed by atoms with Crippen LogP contribution in [0.2, 0.25) is 0 Å². The first-order valence-electron chi connectivity index (χ1n) is 5.63. The Kier molecular flexibility index (Phi) is 3.56. The first-order chi connectivity index (χ1) is 7.74. The summed E-state index contributed by atoms with van der Waals surface area (Å²) in [5.41, 5.74) is 8.01. The molecule has 0 bridgehead atoms. The van der Waals surface area contributed by atoms with E-state index in [-0.39, 0.29) is 11.9 Å². The molecule has 1 fully saturated rings. The summed E-state index contributed by atoms with van der Waals surface area (Å²) in [5.74, 6) is 0.518. The Bertz CT molecular complexity index is 352. The summed E-state index contributed by atoms with van der Waals surface area (Å²) in [6.07, 6.45) is 2.22. The molecule has 2 N–H and O–H groups in total. The van der Waals surface area contributed by atoms with Crippen molar-refractivity contribution in [1.82, 2.24) is 9.88 Å². The molecule has 2 rings (SSSR count). The predicted molar refractivity (Wildman–Crippen MR) is 64.4 cm³/mol. The van der Waals surface area contributed by atoms with E-state index in [0.29, 0.717) is 18.2 Å². The molecule has 2 unspecified atom stereocenters. The lowest BCUT2D eigenvalue weighted by Crippen LogP contribution is -2.51. The number of aromatic nitrogens is 1. The van der Waals surface area contributed by atoms with Crippen LogP contribution in [0.5, 0.6) is 0 Å². The maximum atomic E-state index is 12.2. The third kappa shape index (κ3) is 2.10. The number of carbonyl (C=O) groups is 1. The molecule has 5 heteroatoms. The van der Waals surface area contributed by atoms with Crippen LogP contribution in [0, 0.1) is 5.92 Å². The fraction of sp³-hybridized carbons (Fsp3) is 0.636. The molecule has 16 heavy (non-hydrogen) atoms. The van der Waals surface area contributed by atoms with Crippen molar-refractivity contribution in [3.8, 4) is 0 Å². The lowest BCUT2D eigenvalue weighted by atomic mass is 9.90. The van der Waals surface area contributed by atoms with E-state index in [9.17, 15) is 4.79 Å². The van der Waals surface area contributed by atoms with Crippen molar-refractivity contribution >= 4 is 17.2 Å². The Hall–Kier alpha value is -0.940. The van der Waals surface area contributed by atoms with Crippen molar-refractivity contribution in [2.45, 2.75) is 25.8 Å². The molecule has 2 atom stereocenters. The molecule has 1 aliphatic rings. The van der Waals surface area contributed by atoms with Gasteiger partial charge in [-0.1, -0.05) is 6.92 Å². The molecule has 2 heterocycles. The molecule has 88 valence electrons. The molecular weight excluding hydrogens is 222 g/mol. The van der Waals surface area contributed by atoms with Gasteiger partial charge in [-0.2, -0.15) is 0 Å². The summed E-state index contributed by atoms with van der Waals surface area (Å²) in [5, 5.41) is 1.80. The first-order valence-corrected chi connectivity index (χ1v) is 6.57. The van der Waals surface area contributed by atoms with Gasteiger partial charge in [0.05, 0.1) is 5.51 Å². The largest absolute Gasteiger partial charge is 0.333 e. The van der Waals surface area contributed by atoms with Crippen molar-refractivity contribution in [2.24, 2.45) is 11.7 Å². The molecule has 1 aromatic heterocycles. The van der Waals surface area contributed by atoms with Gasteiger partial charge in [0.2, 0.25) is 0 Å². The molecule has 1 aliphatic heterocycles. The average Bonchev–Trinajstić information content (AvgIpc) is 2.81. The van der Waals surface area contributed by atoms with E-state index in [2.05, 4.69) is 11.9 Å². The maximum Gasteiger partial charge on any atom is 0.273 e. The monoisotopic (exact) mass is 239 g/mol. The van der Waals surface area contributed by atoms with Crippen LogP contribution in [0.15, 0.2) is 10.9 Å². The fourth-order valence-corrected chi connectivity index (χ4v) is 2.85. The van der Waals surface area contributed by atoms with E-state index in [4.69, 9.17) is 5.73 Å². The smallest absolute Gasteiger partial charge is 0.273 e.